The summed E-state index contributed by atoms with van der Waals surface area (Å²) in [5, 5.41) is 0. The van der Waals surface area contributed by atoms with Crippen molar-refractivity contribution in [1.29, 1.82) is 0 Å². The topological polar surface area (TPSA) is 0 Å². The Bertz CT molecular complexity index is 341. The van der Waals surface area contributed by atoms with E-state index in [1.165, 1.54) is 11.1 Å². The fourth-order valence-electron chi connectivity index (χ4n) is 1.68. The molecule has 0 unspecified atom stereocenters. The average Bonchev–Trinajstić information content (AvgIpc) is 2.30. The second kappa shape index (κ2) is 4.70. The molecule has 2 aromatic rings. The van der Waals surface area contributed by atoms with Crippen LogP contribution in [0.3, 0.4) is 0 Å². The van der Waals surface area contributed by atoms with Crippen molar-refractivity contribution >= 4 is 24.4 Å². The van der Waals surface area contributed by atoms with Gasteiger partial charge in [-0.2, -0.15) is 0 Å². The maximum atomic E-state index is 2.23. The molecule has 0 amide bonds. The minimum atomic E-state index is 0.613. The van der Waals surface area contributed by atoms with Gasteiger partial charge < -0.3 is 0 Å². The van der Waals surface area contributed by atoms with Crippen LogP contribution >= 0.6 is 0 Å². The molecule has 0 nitrogen and oxygen atoms in total. The molecule has 0 N–H and O–H groups in total. The molecule has 0 heterocycles. The third kappa shape index (κ3) is 2.21. The van der Waals surface area contributed by atoms with Gasteiger partial charge in [0, 0.05) is 0 Å². The van der Waals surface area contributed by atoms with Crippen LogP contribution in [0.25, 0.3) is 0 Å². The zero-order valence-electron chi connectivity index (χ0n) is 8.35. The van der Waals surface area contributed by atoms with Crippen LogP contribution in [0.5, 0.6) is 0 Å². The van der Waals surface area contributed by atoms with E-state index in [4.69, 9.17) is 0 Å². The molecule has 14 heavy (non-hydrogen) atoms. The van der Waals surface area contributed by atoms with Crippen LogP contribution in [0.2, 0.25) is 0 Å². The van der Waals surface area contributed by atoms with Gasteiger partial charge in [-0.05, 0) is 0 Å². The van der Waals surface area contributed by atoms with Gasteiger partial charge in [0.1, 0.15) is 0 Å². The Morgan fingerprint density at radius 2 is 1.00 bits per heavy atom. The fourth-order valence-corrected chi connectivity index (χ4v) is 3.87. The van der Waals surface area contributed by atoms with Crippen molar-refractivity contribution in [3.8, 4) is 0 Å². The number of rotatable bonds is 2. The van der Waals surface area contributed by atoms with Gasteiger partial charge in [-0.15, -0.1) is 0 Å². The minimum absolute atomic E-state index is 0.613. The van der Waals surface area contributed by atoms with Gasteiger partial charge in [-0.25, -0.2) is 0 Å². The van der Waals surface area contributed by atoms with Crippen LogP contribution in [0.1, 0.15) is 14.8 Å². The van der Waals surface area contributed by atoms with Crippen LogP contribution in [0.15, 0.2) is 60.7 Å². The summed E-state index contributed by atoms with van der Waals surface area (Å²) in [4.78, 5) is 0. The molecule has 2 aromatic carbocycles. The summed E-state index contributed by atoms with van der Waals surface area (Å²) in [6.45, 7) is 0. The predicted molar refractivity (Wildman–Crippen MR) is 63.3 cm³/mol. The van der Waals surface area contributed by atoms with Gasteiger partial charge in [-0.1, -0.05) is 0 Å². The Hall–Kier alpha value is -0.690. The second-order valence-electron chi connectivity index (χ2n) is 3.54. The van der Waals surface area contributed by atoms with Crippen molar-refractivity contribution < 1.29 is 0 Å². The van der Waals surface area contributed by atoms with Crippen LogP contribution in [-0.2, 0) is 0 Å². The van der Waals surface area contributed by atoms with Gasteiger partial charge in [0.2, 0.25) is 0 Å². The first-order valence-electron chi connectivity index (χ1n) is 4.98. The van der Waals surface area contributed by atoms with Crippen LogP contribution in [0.4, 0.5) is 0 Å². The normalized spacial score (nSPS) is 10.4. The summed E-state index contributed by atoms with van der Waals surface area (Å²) in [5.41, 5.74) is 2.93. The van der Waals surface area contributed by atoms with E-state index in [2.05, 4.69) is 60.7 Å². The monoisotopic (exact) mass is 284 g/mol. The molecule has 0 atom stereocenters. The molecule has 68 valence electrons. The summed E-state index contributed by atoms with van der Waals surface area (Å²) < 4.78 is 0.694. The summed E-state index contributed by atoms with van der Waals surface area (Å²) in [7, 11) is 0. The van der Waals surface area contributed by atoms with E-state index in [0.717, 1.165) is 0 Å². The van der Waals surface area contributed by atoms with Crippen molar-refractivity contribution in [2.75, 3.05) is 0 Å². The van der Waals surface area contributed by atoms with E-state index in [0.29, 0.717) is 28.0 Å². The summed E-state index contributed by atoms with van der Waals surface area (Å²) in [6, 6.07) is 21.6. The van der Waals surface area contributed by atoms with E-state index in [9.17, 15) is 0 Å². The molecule has 1 heteroatoms. The van der Waals surface area contributed by atoms with Gasteiger partial charge in [0.05, 0.1) is 0 Å². The Morgan fingerprint density at radius 1 is 0.643 bits per heavy atom. The summed E-state index contributed by atoms with van der Waals surface area (Å²) >= 11 is 0.613. The first-order chi connectivity index (χ1) is 6.88. The van der Waals surface area contributed by atoms with E-state index >= 15 is 0 Å². The van der Waals surface area contributed by atoms with Crippen LogP contribution in [0, 0.1) is 0 Å². The molecule has 0 aliphatic rings. The van der Waals surface area contributed by atoms with Gasteiger partial charge in [0.15, 0.2) is 0 Å². The molecule has 0 saturated carbocycles. The Morgan fingerprint density at radius 3 is 1.36 bits per heavy atom. The maximum absolute atomic E-state index is 2.23. The molecular formula is C13H13In. The molecule has 0 spiro atoms. The predicted octanol–water partition coefficient (Wildman–Crippen LogP) is 2.41. The quantitative estimate of drug-likeness (QED) is 0.794. The van der Waals surface area contributed by atoms with Crippen molar-refractivity contribution in [2.24, 2.45) is 0 Å². The van der Waals surface area contributed by atoms with Crippen LogP contribution < -0.4 is 0 Å². The Labute approximate surface area is 99.5 Å². The first-order valence-corrected chi connectivity index (χ1v) is 8.27. The van der Waals surface area contributed by atoms with Crippen molar-refractivity contribution in [3.05, 3.63) is 71.8 Å². The molecule has 0 fully saturated rings. The fraction of sp³-hybridized carbons (Fsp3) is 0.0769. The van der Waals surface area contributed by atoms with E-state index in [1.54, 1.807) is 0 Å². The average molecular weight is 284 g/mol. The van der Waals surface area contributed by atoms with Gasteiger partial charge >= 0.3 is 99.8 Å². The summed E-state index contributed by atoms with van der Waals surface area (Å²) in [5.74, 6) is 0. The molecule has 0 bridgehead atoms. The zero-order valence-corrected chi connectivity index (χ0v) is 14.1. The molecule has 0 saturated heterocycles. The third-order valence-electron chi connectivity index (χ3n) is 2.60. The molecule has 0 radical (unpaired) electrons. The standard InChI is InChI=1S/C13H11.In.2H/c1-3-7-12(8-4-1)11-13-9-5-2-6-10-13;;;/h1-11H;;;. The van der Waals surface area contributed by atoms with E-state index in [-0.39, 0.29) is 0 Å². The van der Waals surface area contributed by atoms with Gasteiger partial charge in [-0.3, -0.25) is 0 Å². The molecule has 2 rings (SSSR count). The molecular weight excluding hydrogens is 271 g/mol. The van der Waals surface area contributed by atoms with Crippen molar-refractivity contribution in [2.45, 2.75) is 3.67 Å². The number of hydrogen-bond acceptors (Lipinski definition) is 0. The zero-order chi connectivity index (χ0) is 9.80. The van der Waals surface area contributed by atoms with Gasteiger partial charge in [0.25, 0.3) is 0 Å². The number of benzene rings is 2. The SMILES string of the molecule is [InH2][CH](c1ccccc1)c1ccccc1. The Kier molecular flexibility index (Phi) is 3.30. The number of hydrogen-bond donors (Lipinski definition) is 0. The second-order valence-corrected chi connectivity index (χ2v) is 6.84. The van der Waals surface area contributed by atoms with Crippen molar-refractivity contribution in [1.82, 2.24) is 0 Å². The molecule has 0 aliphatic carbocycles. The molecule has 0 aliphatic heterocycles. The molecule has 0 aromatic heterocycles. The first kappa shape index (κ1) is 9.85. The third-order valence-corrected chi connectivity index (χ3v) is 6.40. The van der Waals surface area contributed by atoms with Crippen LogP contribution in [-0.4, -0.2) is 24.4 Å². The van der Waals surface area contributed by atoms with Crippen molar-refractivity contribution in [3.63, 3.8) is 0 Å². The summed E-state index contributed by atoms with van der Waals surface area (Å²) in [6.07, 6.45) is 0. The van der Waals surface area contributed by atoms with E-state index < -0.39 is 0 Å². The Balaban J connectivity index is 2.30. The van der Waals surface area contributed by atoms with E-state index in [1.807, 2.05) is 0 Å².